The molecule has 7 nitrogen and oxygen atoms in total. The van der Waals surface area contributed by atoms with Gasteiger partial charge >= 0.3 is 11.8 Å². The zero-order chi connectivity index (χ0) is 19.3. The highest BCUT2D eigenvalue weighted by molar-refractivity contribution is 7.98. The van der Waals surface area contributed by atoms with Gasteiger partial charge in [0.1, 0.15) is 5.82 Å². The number of carbonyl (C=O) groups is 2. The van der Waals surface area contributed by atoms with Crippen LogP contribution < -0.4 is 15.5 Å². The summed E-state index contributed by atoms with van der Waals surface area (Å²) in [7, 11) is 0. The van der Waals surface area contributed by atoms with Crippen molar-refractivity contribution in [2.75, 3.05) is 31.5 Å². The number of carbonyl (C=O) groups excluding carboxylic acids is 2. The van der Waals surface area contributed by atoms with Crippen LogP contribution in [-0.4, -0.2) is 47.8 Å². The van der Waals surface area contributed by atoms with Gasteiger partial charge in [-0.3, -0.25) is 9.59 Å². The molecule has 1 aliphatic heterocycles. The van der Waals surface area contributed by atoms with Gasteiger partial charge in [0.05, 0.1) is 30.9 Å². The third kappa shape index (κ3) is 5.01. The molecule has 146 valence electrons. The van der Waals surface area contributed by atoms with Gasteiger partial charge in [0.25, 0.3) is 0 Å². The Morgan fingerprint density at radius 2 is 1.88 bits per heavy atom. The molecule has 0 spiro atoms. The first-order valence-electron chi connectivity index (χ1n) is 9.39. The molecule has 26 heavy (non-hydrogen) atoms. The quantitative estimate of drug-likeness (QED) is 0.480. The monoisotopic (exact) mass is 382 g/mol. The summed E-state index contributed by atoms with van der Waals surface area (Å²) in [5, 5.41) is 10.2. The van der Waals surface area contributed by atoms with Crippen molar-refractivity contribution in [3.05, 3.63) is 11.3 Å². The molecule has 0 saturated heterocycles. The number of nitrogens with zero attached hydrogens (tertiary/aromatic N) is 2. The van der Waals surface area contributed by atoms with E-state index in [4.69, 9.17) is 0 Å². The maximum Gasteiger partial charge on any atom is 0.314 e. The van der Waals surface area contributed by atoms with Crippen molar-refractivity contribution in [3.63, 3.8) is 0 Å². The van der Waals surface area contributed by atoms with Crippen molar-refractivity contribution in [1.29, 1.82) is 0 Å². The minimum Gasteiger partial charge on any atom is -0.348 e. The molecule has 0 atom stereocenters. The average Bonchev–Trinajstić information content (AvgIpc) is 3.17. The summed E-state index contributed by atoms with van der Waals surface area (Å²) in [6.45, 7) is 14.1. The first-order chi connectivity index (χ1) is 12.3. The Labute approximate surface area is 160 Å². The van der Waals surface area contributed by atoms with E-state index in [1.807, 2.05) is 25.5 Å². The van der Waals surface area contributed by atoms with E-state index >= 15 is 0 Å². The summed E-state index contributed by atoms with van der Waals surface area (Å²) in [5.74, 6) is 1.12. The molecule has 0 radical (unpaired) electrons. The molecule has 0 bridgehead atoms. The maximum absolute atomic E-state index is 12.4. The largest absolute Gasteiger partial charge is 0.348 e. The molecule has 0 fully saturated rings. The fourth-order valence-corrected chi connectivity index (χ4v) is 4.05. The van der Waals surface area contributed by atoms with Gasteiger partial charge in [-0.2, -0.15) is 16.9 Å². The van der Waals surface area contributed by atoms with Crippen molar-refractivity contribution < 1.29 is 14.5 Å². The second-order valence-electron chi connectivity index (χ2n) is 7.62. The van der Waals surface area contributed by atoms with Crippen LogP contribution >= 0.6 is 11.8 Å². The molecule has 0 aliphatic carbocycles. The van der Waals surface area contributed by atoms with E-state index < -0.39 is 11.8 Å². The zero-order valence-electron chi connectivity index (χ0n) is 16.6. The number of hydrogen-bond donors (Lipinski definition) is 3. The predicted molar refractivity (Wildman–Crippen MR) is 105 cm³/mol. The van der Waals surface area contributed by atoms with E-state index in [0.29, 0.717) is 12.4 Å². The van der Waals surface area contributed by atoms with E-state index in [1.54, 1.807) is 11.8 Å². The Balaban J connectivity index is 1.94. The molecule has 2 rings (SSSR count). The first-order valence-corrected chi connectivity index (χ1v) is 10.5. The summed E-state index contributed by atoms with van der Waals surface area (Å²) in [6.07, 6.45) is 0.863. The van der Waals surface area contributed by atoms with Crippen LogP contribution in [0.15, 0.2) is 0 Å². The first kappa shape index (κ1) is 20.8. The van der Waals surface area contributed by atoms with Gasteiger partial charge in [-0.1, -0.05) is 0 Å². The second-order valence-corrected chi connectivity index (χ2v) is 8.61. The van der Waals surface area contributed by atoms with Crippen molar-refractivity contribution in [2.45, 2.75) is 58.1 Å². The Morgan fingerprint density at radius 3 is 2.50 bits per heavy atom. The van der Waals surface area contributed by atoms with Crippen LogP contribution in [0.2, 0.25) is 0 Å². The predicted octanol–water partition coefficient (Wildman–Crippen LogP) is 0.754. The molecule has 2 heterocycles. The smallest absolute Gasteiger partial charge is 0.314 e. The maximum atomic E-state index is 12.4. The van der Waals surface area contributed by atoms with Crippen molar-refractivity contribution in [2.24, 2.45) is 0 Å². The molecule has 0 aromatic carbocycles. The SMILES string of the molecule is CC[NH+](CC)CCCNC(=O)C(=O)Nc1c2c(nn1C(C)(C)C)CSC2. The minimum absolute atomic E-state index is 0.263. The van der Waals surface area contributed by atoms with Gasteiger partial charge in [-0.25, -0.2) is 4.68 Å². The van der Waals surface area contributed by atoms with E-state index in [9.17, 15) is 9.59 Å². The van der Waals surface area contributed by atoms with Crippen LogP contribution in [0.1, 0.15) is 52.3 Å². The lowest BCUT2D eigenvalue weighted by atomic mass is 10.1. The van der Waals surface area contributed by atoms with Crippen LogP contribution in [0.5, 0.6) is 0 Å². The van der Waals surface area contributed by atoms with Crippen molar-refractivity contribution in [3.8, 4) is 0 Å². The van der Waals surface area contributed by atoms with Crippen LogP contribution in [-0.2, 0) is 26.6 Å². The lowest BCUT2D eigenvalue weighted by molar-refractivity contribution is -0.896. The molecular formula is C18H32N5O2S+. The number of thioether (sulfide) groups is 1. The van der Waals surface area contributed by atoms with Crippen molar-refractivity contribution >= 4 is 29.4 Å². The van der Waals surface area contributed by atoms with Gasteiger partial charge in [0, 0.05) is 30.0 Å². The molecule has 3 N–H and O–H groups in total. The number of nitrogens with one attached hydrogen (secondary N) is 3. The van der Waals surface area contributed by atoms with E-state index in [0.717, 1.165) is 48.8 Å². The molecule has 0 saturated carbocycles. The Bertz CT molecular complexity index is 647. The Kier molecular flexibility index (Phi) is 7.11. The molecule has 1 aliphatic rings. The van der Waals surface area contributed by atoms with Crippen LogP contribution in [0, 0.1) is 0 Å². The summed E-state index contributed by atoms with van der Waals surface area (Å²) in [5.41, 5.74) is 1.78. The number of hydrogen-bond acceptors (Lipinski definition) is 4. The highest BCUT2D eigenvalue weighted by Gasteiger charge is 2.29. The minimum atomic E-state index is -0.620. The Hall–Kier alpha value is -1.54. The van der Waals surface area contributed by atoms with Gasteiger partial charge < -0.3 is 15.5 Å². The van der Waals surface area contributed by atoms with Crippen LogP contribution in [0.25, 0.3) is 0 Å². The second kappa shape index (κ2) is 8.90. The van der Waals surface area contributed by atoms with Crippen molar-refractivity contribution in [1.82, 2.24) is 15.1 Å². The molecule has 2 amide bonds. The number of rotatable bonds is 7. The third-order valence-corrected chi connectivity index (χ3v) is 5.59. The lowest BCUT2D eigenvalue weighted by Crippen LogP contribution is -3.11. The topological polar surface area (TPSA) is 80.5 Å². The van der Waals surface area contributed by atoms with E-state index in [2.05, 4.69) is 29.6 Å². The summed E-state index contributed by atoms with van der Waals surface area (Å²) >= 11 is 1.77. The highest BCUT2D eigenvalue weighted by Crippen LogP contribution is 2.37. The number of quaternary nitrogens is 1. The van der Waals surface area contributed by atoms with E-state index in [1.165, 1.54) is 4.90 Å². The summed E-state index contributed by atoms with van der Waals surface area (Å²) in [6, 6.07) is 0. The number of amides is 2. The zero-order valence-corrected chi connectivity index (χ0v) is 17.4. The van der Waals surface area contributed by atoms with Gasteiger partial charge in [0.2, 0.25) is 0 Å². The van der Waals surface area contributed by atoms with Gasteiger partial charge in [-0.05, 0) is 34.6 Å². The lowest BCUT2D eigenvalue weighted by Gasteiger charge is -2.23. The normalized spacial score (nSPS) is 13.8. The highest BCUT2D eigenvalue weighted by atomic mass is 32.2. The number of anilines is 1. The average molecular weight is 383 g/mol. The van der Waals surface area contributed by atoms with Gasteiger partial charge in [0.15, 0.2) is 0 Å². The molecule has 8 heteroatoms. The van der Waals surface area contributed by atoms with Crippen LogP contribution in [0.4, 0.5) is 5.82 Å². The molecular weight excluding hydrogens is 350 g/mol. The standard InChI is InChI=1S/C18H31N5O2S/c1-6-22(7-2)10-8-9-19-16(24)17(25)20-15-13-11-26-12-14(13)21-23(15)18(3,4)5/h6-12H2,1-5H3,(H,19,24)(H,20,25)/p+1. The third-order valence-electron chi connectivity index (χ3n) is 4.62. The van der Waals surface area contributed by atoms with Gasteiger partial charge in [-0.15, -0.1) is 0 Å². The van der Waals surface area contributed by atoms with E-state index in [-0.39, 0.29) is 5.54 Å². The number of aromatic nitrogens is 2. The fourth-order valence-electron chi connectivity index (χ4n) is 3.02. The Morgan fingerprint density at radius 1 is 1.19 bits per heavy atom. The fraction of sp³-hybridized carbons (Fsp3) is 0.722. The molecule has 0 unspecified atom stereocenters. The molecule has 1 aromatic heterocycles. The number of fused-ring (bicyclic) bond motifs is 1. The summed E-state index contributed by atoms with van der Waals surface area (Å²) in [4.78, 5) is 26.0. The van der Waals surface area contributed by atoms with Crippen LogP contribution in [0.3, 0.4) is 0 Å². The molecule has 1 aromatic rings. The summed E-state index contributed by atoms with van der Waals surface area (Å²) < 4.78 is 1.83.